The van der Waals surface area contributed by atoms with Gasteiger partial charge < -0.3 is 5.32 Å². The predicted octanol–water partition coefficient (Wildman–Crippen LogP) is 4.87. The fraction of sp³-hybridized carbons (Fsp3) is 0.235. The van der Waals surface area contributed by atoms with Gasteiger partial charge in [0.25, 0.3) is 0 Å². The molecule has 0 saturated carbocycles. The summed E-state index contributed by atoms with van der Waals surface area (Å²) in [5.74, 6) is 0. The van der Waals surface area contributed by atoms with Crippen LogP contribution in [0.2, 0.25) is 0 Å². The molecule has 3 aromatic rings. The molecule has 4 heteroatoms. The van der Waals surface area contributed by atoms with Gasteiger partial charge in [0.1, 0.15) is 0 Å². The lowest BCUT2D eigenvalue weighted by molar-refractivity contribution is 0.599. The second-order valence-electron chi connectivity index (χ2n) is 5.11. The predicted molar refractivity (Wildman–Crippen MR) is 94.0 cm³/mol. The van der Waals surface area contributed by atoms with E-state index < -0.39 is 0 Å². The molecule has 1 aromatic carbocycles. The smallest absolute Gasteiger partial charge is 0.0708 e. The van der Waals surface area contributed by atoms with Crippen LogP contribution in [0.3, 0.4) is 0 Å². The van der Waals surface area contributed by atoms with Gasteiger partial charge in [0.2, 0.25) is 0 Å². The lowest BCUT2D eigenvalue weighted by Gasteiger charge is -2.19. The van der Waals surface area contributed by atoms with E-state index in [0.29, 0.717) is 0 Å². The summed E-state index contributed by atoms with van der Waals surface area (Å²) in [4.78, 5) is 6.00. The van der Waals surface area contributed by atoms with Crippen molar-refractivity contribution in [1.82, 2.24) is 10.3 Å². The van der Waals surface area contributed by atoms with Crippen molar-refractivity contribution in [3.8, 4) is 0 Å². The Kier molecular flexibility index (Phi) is 4.38. The molecule has 0 aliphatic carbocycles. The highest BCUT2D eigenvalue weighted by Gasteiger charge is 2.16. The van der Waals surface area contributed by atoms with Crippen LogP contribution in [0.1, 0.15) is 22.2 Å². The number of fused-ring (bicyclic) bond motifs is 1. The van der Waals surface area contributed by atoms with Crippen LogP contribution in [0, 0.1) is 6.92 Å². The van der Waals surface area contributed by atoms with E-state index in [0.717, 1.165) is 17.6 Å². The average Bonchev–Trinajstić information content (AvgIpc) is 2.89. The van der Waals surface area contributed by atoms with Crippen LogP contribution in [-0.2, 0) is 6.42 Å². The maximum absolute atomic E-state index is 4.63. The number of nitrogens with zero attached hydrogens (tertiary/aromatic N) is 1. The summed E-state index contributed by atoms with van der Waals surface area (Å²) in [6.45, 7) is 2.06. The fourth-order valence-corrected chi connectivity index (χ4v) is 4.21. The topological polar surface area (TPSA) is 24.9 Å². The second kappa shape index (κ2) is 6.26. The molecule has 3 rings (SSSR count). The molecule has 0 radical (unpaired) electrons. The molecule has 1 unspecified atom stereocenters. The van der Waals surface area contributed by atoms with Gasteiger partial charge >= 0.3 is 0 Å². The van der Waals surface area contributed by atoms with E-state index in [1.807, 2.05) is 13.1 Å². The van der Waals surface area contributed by atoms with Gasteiger partial charge in [-0.2, -0.15) is 0 Å². The van der Waals surface area contributed by atoms with Crippen molar-refractivity contribution < 1.29 is 0 Å². The zero-order valence-corrected chi connectivity index (χ0v) is 14.5. The minimum atomic E-state index is 0.284. The highest BCUT2D eigenvalue weighted by molar-refractivity contribution is 9.10. The Morgan fingerprint density at radius 3 is 2.81 bits per heavy atom. The molecule has 21 heavy (non-hydrogen) atoms. The zero-order valence-electron chi connectivity index (χ0n) is 12.1. The van der Waals surface area contributed by atoms with Crippen molar-refractivity contribution in [2.24, 2.45) is 0 Å². The molecule has 1 atom stereocenters. The monoisotopic (exact) mass is 360 g/mol. The van der Waals surface area contributed by atoms with Crippen LogP contribution in [0.5, 0.6) is 0 Å². The molecule has 0 aliphatic rings. The SMILES string of the molecule is CNC(Cc1sccc1Br)c1cc(C)nc2ccccc12. The van der Waals surface area contributed by atoms with Crippen LogP contribution >= 0.6 is 27.3 Å². The summed E-state index contributed by atoms with van der Waals surface area (Å²) in [5.41, 5.74) is 3.45. The van der Waals surface area contributed by atoms with Gasteiger partial charge in [0.15, 0.2) is 0 Å². The summed E-state index contributed by atoms with van der Waals surface area (Å²) >= 11 is 5.43. The number of hydrogen-bond acceptors (Lipinski definition) is 3. The number of para-hydroxylation sites is 1. The maximum Gasteiger partial charge on any atom is 0.0708 e. The first kappa shape index (κ1) is 14.7. The Bertz CT molecular complexity index is 766. The number of rotatable bonds is 4. The zero-order chi connectivity index (χ0) is 14.8. The van der Waals surface area contributed by atoms with Crippen LogP contribution in [0.4, 0.5) is 0 Å². The van der Waals surface area contributed by atoms with Gasteiger partial charge in [0.05, 0.1) is 5.52 Å². The Balaban J connectivity index is 2.06. The van der Waals surface area contributed by atoms with E-state index in [9.17, 15) is 0 Å². The van der Waals surface area contributed by atoms with Crippen molar-refractivity contribution in [2.75, 3.05) is 7.05 Å². The fourth-order valence-electron chi connectivity index (χ4n) is 2.65. The number of hydrogen-bond donors (Lipinski definition) is 1. The number of likely N-dealkylation sites (N-methyl/N-ethyl adjacent to an activating group) is 1. The number of halogens is 1. The largest absolute Gasteiger partial charge is 0.313 e. The van der Waals surface area contributed by atoms with E-state index in [-0.39, 0.29) is 6.04 Å². The molecular weight excluding hydrogens is 344 g/mol. The van der Waals surface area contributed by atoms with Crippen molar-refractivity contribution in [2.45, 2.75) is 19.4 Å². The third kappa shape index (κ3) is 3.03. The molecule has 0 aliphatic heterocycles. The third-order valence-electron chi connectivity index (χ3n) is 3.68. The van der Waals surface area contributed by atoms with Crippen LogP contribution in [0.15, 0.2) is 46.3 Å². The van der Waals surface area contributed by atoms with Crippen molar-refractivity contribution in [1.29, 1.82) is 0 Å². The summed E-state index contributed by atoms with van der Waals surface area (Å²) in [7, 11) is 2.02. The Labute approximate surface area is 137 Å². The Morgan fingerprint density at radius 2 is 2.10 bits per heavy atom. The summed E-state index contributed by atoms with van der Waals surface area (Å²) in [6.07, 6.45) is 0.974. The highest BCUT2D eigenvalue weighted by atomic mass is 79.9. The van der Waals surface area contributed by atoms with Gasteiger partial charge in [0, 0.05) is 32.9 Å². The number of pyridine rings is 1. The Hall–Kier alpha value is -1.23. The van der Waals surface area contributed by atoms with Crippen LogP contribution in [0.25, 0.3) is 10.9 Å². The van der Waals surface area contributed by atoms with Crippen molar-refractivity contribution >= 4 is 38.2 Å². The van der Waals surface area contributed by atoms with E-state index >= 15 is 0 Å². The first-order chi connectivity index (χ1) is 10.2. The summed E-state index contributed by atoms with van der Waals surface area (Å²) in [6, 6.07) is 13.0. The lowest BCUT2D eigenvalue weighted by Crippen LogP contribution is -2.19. The van der Waals surface area contributed by atoms with E-state index in [1.165, 1.54) is 20.3 Å². The minimum Gasteiger partial charge on any atom is -0.313 e. The minimum absolute atomic E-state index is 0.284. The molecule has 0 bridgehead atoms. The third-order valence-corrected chi connectivity index (χ3v) is 5.63. The molecule has 0 amide bonds. The first-order valence-electron chi connectivity index (χ1n) is 6.94. The number of benzene rings is 1. The lowest BCUT2D eigenvalue weighted by atomic mass is 9.98. The molecular formula is C17H17BrN2S. The van der Waals surface area contributed by atoms with Gasteiger partial charge in [-0.25, -0.2) is 0 Å². The van der Waals surface area contributed by atoms with Crippen molar-refractivity contribution in [3.63, 3.8) is 0 Å². The van der Waals surface area contributed by atoms with Gasteiger partial charge in [-0.05, 0) is 59.0 Å². The molecule has 0 spiro atoms. The van der Waals surface area contributed by atoms with Gasteiger partial charge in [-0.15, -0.1) is 11.3 Å². The molecule has 0 saturated heterocycles. The van der Waals surface area contributed by atoms with Crippen molar-refractivity contribution in [3.05, 3.63) is 62.4 Å². The number of thiophene rings is 1. The Morgan fingerprint density at radius 1 is 1.29 bits per heavy atom. The first-order valence-corrected chi connectivity index (χ1v) is 8.61. The van der Waals surface area contributed by atoms with Crippen LogP contribution in [-0.4, -0.2) is 12.0 Å². The number of nitrogens with one attached hydrogen (secondary N) is 1. The molecule has 2 aromatic heterocycles. The van der Waals surface area contributed by atoms with Gasteiger partial charge in [-0.1, -0.05) is 18.2 Å². The van der Waals surface area contributed by atoms with E-state index in [1.54, 1.807) is 11.3 Å². The second-order valence-corrected chi connectivity index (χ2v) is 6.96. The average molecular weight is 361 g/mol. The molecule has 108 valence electrons. The maximum atomic E-state index is 4.63. The molecule has 2 heterocycles. The standard InChI is InChI=1S/C17H17BrN2S/c1-11-9-13(12-5-3-4-6-15(12)20-11)16(19-2)10-17-14(18)7-8-21-17/h3-9,16,19H,10H2,1-2H3. The van der Waals surface area contributed by atoms with E-state index in [2.05, 4.69) is 68.9 Å². The number of aryl methyl sites for hydroxylation is 1. The molecule has 2 nitrogen and oxygen atoms in total. The normalized spacial score (nSPS) is 12.7. The summed E-state index contributed by atoms with van der Waals surface area (Å²) < 4.78 is 1.20. The molecule has 0 fully saturated rings. The van der Waals surface area contributed by atoms with E-state index in [4.69, 9.17) is 0 Å². The number of aromatic nitrogens is 1. The van der Waals surface area contributed by atoms with Crippen LogP contribution < -0.4 is 5.32 Å². The highest BCUT2D eigenvalue weighted by Crippen LogP contribution is 2.31. The van der Waals surface area contributed by atoms with Gasteiger partial charge in [-0.3, -0.25) is 4.98 Å². The quantitative estimate of drug-likeness (QED) is 0.717. The molecule has 1 N–H and O–H groups in total. The summed E-state index contributed by atoms with van der Waals surface area (Å²) in [5, 5.41) is 6.82.